The van der Waals surface area contributed by atoms with Gasteiger partial charge in [-0.25, -0.2) is 0 Å². The second-order valence-electron chi connectivity index (χ2n) is 18.2. The molecule has 382 valence electrons. The van der Waals surface area contributed by atoms with Gasteiger partial charge in [0.05, 0.1) is 32.0 Å². The molecule has 7 atom stereocenters. The highest BCUT2D eigenvalue weighted by Crippen LogP contribution is 2.22. The topological polar surface area (TPSA) is 175 Å². The first kappa shape index (κ1) is 61.4. The van der Waals surface area contributed by atoms with E-state index in [1.54, 1.807) is 6.08 Å². The van der Waals surface area contributed by atoms with Crippen molar-refractivity contribution in [2.75, 3.05) is 19.8 Å². The number of hydrogen-bond donors (Lipinski definition) is 6. The van der Waals surface area contributed by atoms with E-state index < -0.39 is 49.5 Å². The normalized spacial score (nSPS) is 20.1. The molecule has 0 radical (unpaired) electrons. The molecule has 1 rings (SSSR count). The Morgan fingerprint density at radius 2 is 1.05 bits per heavy atom. The number of carbonyl (C=O) groups excluding carboxylic acids is 2. The molecule has 1 heterocycles. The Morgan fingerprint density at radius 3 is 1.65 bits per heavy atom. The van der Waals surface area contributed by atoms with Gasteiger partial charge in [-0.1, -0.05) is 184 Å². The lowest BCUT2D eigenvalue weighted by molar-refractivity contribution is -0.302. The number of unbranched alkanes of at least 4 members (excludes halogenated alkanes) is 22. The number of allylic oxidation sites excluding steroid dienone is 9. The summed E-state index contributed by atoms with van der Waals surface area (Å²) in [6.45, 7) is 4.17. The molecule has 0 aromatic carbocycles. The Kier molecular flexibility index (Phi) is 41.7. The molecule has 1 aliphatic rings. The van der Waals surface area contributed by atoms with Crippen molar-refractivity contribution < 1.29 is 49.3 Å². The molecule has 1 fully saturated rings. The molecule has 1 saturated heterocycles. The molecule has 0 aromatic heterocycles. The summed E-state index contributed by atoms with van der Waals surface area (Å²) in [5.74, 6) is -0.321. The predicted octanol–water partition coefficient (Wildman–Crippen LogP) is 11.1. The highest BCUT2D eigenvalue weighted by atomic mass is 16.7. The fraction of sp³-hybridized carbons (Fsp3) is 0.782. The maximum absolute atomic E-state index is 13.0. The molecule has 6 N–H and O–H groups in total. The molecule has 11 heteroatoms. The number of hydrogen-bond acceptors (Lipinski definition) is 10. The molecule has 0 spiro atoms. The average molecular weight is 932 g/mol. The van der Waals surface area contributed by atoms with Gasteiger partial charge < -0.3 is 45.1 Å². The van der Waals surface area contributed by atoms with E-state index in [0.29, 0.717) is 25.9 Å². The van der Waals surface area contributed by atoms with Crippen LogP contribution in [-0.4, -0.2) is 100 Å². The fourth-order valence-electron chi connectivity index (χ4n) is 7.81. The van der Waals surface area contributed by atoms with Gasteiger partial charge in [-0.05, 0) is 77.0 Å². The first-order valence-electron chi connectivity index (χ1n) is 26.6. The largest absolute Gasteiger partial charge is 0.466 e. The van der Waals surface area contributed by atoms with Crippen LogP contribution in [-0.2, 0) is 23.8 Å². The maximum Gasteiger partial charge on any atom is 0.305 e. The smallest absolute Gasteiger partial charge is 0.305 e. The first-order valence-corrected chi connectivity index (χ1v) is 26.6. The van der Waals surface area contributed by atoms with Crippen LogP contribution in [0.5, 0.6) is 0 Å². The van der Waals surface area contributed by atoms with E-state index >= 15 is 0 Å². The highest BCUT2D eigenvalue weighted by molar-refractivity contribution is 5.76. The van der Waals surface area contributed by atoms with Gasteiger partial charge in [0, 0.05) is 12.8 Å². The van der Waals surface area contributed by atoms with E-state index in [9.17, 15) is 35.1 Å². The summed E-state index contributed by atoms with van der Waals surface area (Å²) in [6, 6.07) is -0.879. The molecular weight excluding hydrogens is 835 g/mol. The van der Waals surface area contributed by atoms with E-state index in [1.807, 2.05) is 18.2 Å². The van der Waals surface area contributed by atoms with Gasteiger partial charge in [0.1, 0.15) is 24.4 Å². The summed E-state index contributed by atoms with van der Waals surface area (Å²) in [5, 5.41) is 54.1. The average Bonchev–Trinajstić information content (AvgIpc) is 3.31. The third-order valence-electron chi connectivity index (χ3n) is 12.1. The Balaban J connectivity index is 2.26. The summed E-state index contributed by atoms with van der Waals surface area (Å²) in [4.78, 5) is 25.0. The number of esters is 1. The van der Waals surface area contributed by atoms with Crippen LogP contribution in [0, 0.1) is 0 Å². The second kappa shape index (κ2) is 44.8. The van der Waals surface area contributed by atoms with Crippen molar-refractivity contribution >= 4 is 11.9 Å². The number of aliphatic hydroxyl groups excluding tert-OH is 5. The van der Waals surface area contributed by atoms with Gasteiger partial charge in [0.15, 0.2) is 6.29 Å². The van der Waals surface area contributed by atoms with E-state index in [-0.39, 0.29) is 24.9 Å². The van der Waals surface area contributed by atoms with Crippen LogP contribution in [0.15, 0.2) is 60.8 Å². The summed E-state index contributed by atoms with van der Waals surface area (Å²) in [7, 11) is 0. The molecule has 0 saturated carbocycles. The van der Waals surface area contributed by atoms with Gasteiger partial charge in [-0.15, -0.1) is 0 Å². The van der Waals surface area contributed by atoms with Crippen molar-refractivity contribution in [2.24, 2.45) is 0 Å². The van der Waals surface area contributed by atoms with Gasteiger partial charge in [0.2, 0.25) is 5.91 Å². The van der Waals surface area contributed by atoms with Crippen molar-refractivity contribution in [3.63, 3.8) is 0 Å². The Morgan fingerprint density at radius 1 is 0.561 bits per heavy atom. The van der Waals surface area contributed by atoms with Crippen LogP contribution < -0.4 is 5.32 Å². The zero-order chi connectivity index (χ0) is 48.1. The third-order valence-corrected chi connectivity index (χ3v) is 12.1. The van der Waals surface area contributed by atoms with Gasteiger partial charge in [-0.3, -0.25) is 9.59 Å². The standard InChI is InChI=1S/C55H97NO10/c1-3-5-7-9-11-13-15-18-21-25-29-33-37-41-48(58)47(46-65-55-54(63)53(62)52(61)49(45-57)66-55)56-50(59)42-38-34-30-26-22-19-17-20-24-28-32-36-40-44-64-51(60)43-39-35-31-27-23-16-14-12-10-8-6-4-2/h11,13,19,21-22,25,30,34,37,41,47-49,52-55,57-58,61-63H,3-10,12,14-18,20,23-24,26-29,31-33,35-36,38-40,42-46H2,1-2H3,(H,56,59)/b13-11+,22-19-,25-21+,34-30-,41-37+. The Labute approximate surface area is 401 Å². The highest BCUT2D eigenvalue weighted by Gasteiger charge is 2.44. The van der Waals surface area contributed by atoms with Crippen LogP contribution >= 0.6 is 0 Å². The fourth-order valence-corrected chi connectivity index (χ4v) is 7.81. The SMILES string of the molecule is CCCCC/C=C/CC/C=C/CC/C=C/C(O)C(COC1OC(CO)C(O)C(O)C1O)NC(=O)CC/C=C\C/C=C\CCCCCCCCOC(=O)CCCCCCCCCCCCCC. The van der Waals surface area contributed by atoms with Gasteiger partial charge in [0.25, 0.3) is 0 Å². The van der Waals surface area contributed by atoms with Crippen LogP contribution in [0.3, 0.4) is 0 Å². The number of aliphatic hydroxyl groups is 5. The molecule has 11 nitrogen and oxygen atoms in total. The maximum atomic E-state index is 13.0. The van der Waals surface area contributed by atoms with Crippen LogP contribution in [0.2, 0.25) is 0 Å². The van der Waals surface area contributed by atoms with Crippen molar-refractivity contribution in [3.8, 4) is 0 Å². The van der Waals surface area contributed by atoms with Crippen LogP contribution in [0.25, 0.3) is 0 Å². The van der Waals surface area contributed by atoms with E-state index in [2.05, 4.69) is 55.6 Å². The van der Waals surface area contributed by atoms with Crippen molar-refractivity contribution in [3.05, 3.63) is 60.8 Å². The lowest BCUT2D eigenvalue weighted by Gasteiger charge is -2.40. The lowest BCUT2D eigenvalue weighted by atomic mass is 9.99. The number of carbonyl (C=O) groups is 2. The molecule has 0 bridgehead atoms. The number of nitrogens with one attached hydrogen (secondary N) is 1. The molecule has 1 aliphatic heterocycles. The number of rotatable bonds is 44. The van der Waals surface area contributed by atoms with Crippen molar-refractivity contribution in [1.82, 2.24) is 5.32 Å². The molecule has 0 aromatic rings. The quantitative estimate of drug-likeness (QED) is 0.0196. The van der Waals surface area contributed by atoms with Crippen LogP contribution in [0.1, 0.15) is 213 Å². The summed E-state index contributed by atoms with van der Waals surface area (Å²) < 4.78 is 16.6. The van der Waals surface area contributed by atoms with Crippen molar-refractivity contribution in [2.45, 2.75) is 256 Å². The molecule has 7 unspecified atom stereocenters. The van der Waals surface area contributed by atoms with E-state index in [1.165, 1.54) is 96.3 Å². The molecular formula is C55H97NO10. The summed E-state index contributed by atoms with van der Waals surface area (Å²) in [5.41, 5.74) is 0. The van der Waals surface area contributed by atoms with Crippen molar-refractivity contribution in [1.29, 1.82) is 0 Å². The molecule has 0 aliphatic carbocycles. The number of amides is 1. The third kappa shape index (κ3) is 34.6. The zero-order valence-electron chi connectivity index (χ0n) is 41.6. The minimum absolute atomic E-state index is 0.0415. The zero-order valence-corrected chi connectivity index (χ0v) is 41.6. The molecule has 66 heavy (non-hydrogen) atoms. The predicted molar refractivity (Wildman–Crippen MR) is 269 cm³/mol. The lowest BCUT2D eigenvalue weighted by Crippen LogP contribution is -2.60. The van der Waals surface area contributed by atoms with E-state index in [4.69, 9.17) is 14.2 Å². The van der Waals surface area contributed by atoms with Gasteiger partial charge >= 0.3 is 5.97 Å². The van der Waals surface area contributed by atoms with E-state index in [0.717, 1.165) is 77.0 Å². The Hall–Kier alpha value is -2.64. The second-order valence-corrected chi connectivity index (χ2v) is 18.2. The number of ether oxygens (including phenoxy) is 3. The monoisotopic (exact) mass is 932 g/mol. The summed E-state index contributed by atoms with van der Waals surface area (Å²) >= 11 is 0. The van der Waals surface area contributed by atoms with Crippen LogP contribution in [0.4, 0.5) is 0 Å². The minimum Gasteiger partial charge on any atom is -0.466 e. The van der Waals surface area contributed by atoms with Gasteiger partial charge in [-0.2, -0.15) is 0 Å². The summed E-state index contributed by atoms with van der Waals surface area (Å²) in [6.07, 6.45) is 46.0. The first-order chi connectivity index (χ1) is 32.2. The minimum atomic E-state index is -1.60. The molecule has 1 amide bonds. The Bertz CT molecular complexity index is 1280.